The Morgan fingerprint density at radius 1 is 1.20 bits per heavy atom. The van der Waals surface area contributed by atoms with Gasteiger partial charge < -0.3 is 0 Å². The lowest BCUT2D eigenvalue weighted by molar-refractivity contribution is -0.137. The molecule has 3 aliphatic rings. The fraction of sp³-hybridized carbons (Fsp3) is 0.387. The minimum Gasteiger partial charge on any atom is -0.291 e. The van der Waals surface area contributed by atoms with Gasteiger partial charge in [0, 0.05) is 18.8 Å². The van der Waals surface area contributed by atoms with E-state index < -0.39 is 67.9 Å². The lowest BCUT2D eigenvalue weighted by Crippen LogP contribution is -2.51. The molecule has 0 saturated heterocycles. The average molecular weight is 661 g/mol. The molecule has 3 aromatic rings. The van der Waals surface area contributed by atoms with Crippen molar-refractivity contribution in [2.75, 3.05) is 6.54 Å². The third-order valence-corrected chi connectivity index (χ3v) is 10.7. The molecule has 4 atom stereocenters. The van der Waals surface area contributed by atoms with E-state index in [-0.39, 0.29) is 32.2 Å². The first kappa shape index (κ1) is 31.9. The highest BCUT2D eigenvalue weighted by molar-refractivity contribution is 8.06. The number of sulfonamides is 1. The van der Waals surface area contributed by atoms with Crippen molar-refractivity contribution in [3.63, 3.8) is 0 Å². The summed E-state index contributed by atoms with van der Waals surface area (Å²) >= 11 is 0. The number of benzene rings is 1. The van der Waals surface area contributed by atoms with Gasteiger partial charge in [0.15, 0.2) is 17.0 Å². The molecule has 0 amide bonds. The first-order valence-electron chi connectivity index (χ1n) is 14.6. The van der Waals surface area contributed by atoms with E-state index in [0.717, 1.165) is 18.5 Å². The SMILES string of the molecule is CCN([C@H]1CCC2=Cc3c(cnn3-c3ccc(F)cc3)C[C@]2(C(=O)c2cc(C(F)(F)F)ccn2)C1)S(=O)(=O)C1=NC(C(C)F)N=C1. The number of aliphatic imine (C=N–C) groups is 2. The number of alkyl halides is 4. The summed E-state index contributed by atoms with van der Waals surface area (Å²) in [5, 5.41) is 4.06. The minimum absolute atomic E-state index is 0.00538. The summed E-state index contributed by atoms with van der Waals surface area (Å²) in [5.74, 6) is -1.10. The number of aromatic nitrogens is 3. The predicted octanol–water partition coefficient (Wildman–Crippen LogP) is 5.61. The maximum atomic E-state index is 14.4. The van der Waals surface area contributed by atoms with Crippen LogP contribution < -0.4 is 0 Å². The van der Waals surface area contributed by atoms with Crippen molar-refractivity contribution in [3.8, 4) is 5.69 Å². The van der Waals surface area contributed by atoms with Crippen LogP contribution in [0.15, 0.2) is 64.3 Å². The minimum atomic E-state index is -4.72. The van der Waals surface area contributed by atoms with Crippen molar-refractivity contribution >= 4 is 33.1 Å². The smallest absolute Gasteiger partial charge is 0.291 e. The van der Waals surface area contributed by atoms with Gasteiger partial charge in [-0.3, -0.25) is 14.8 Å². The monoisotopic (exact) mass is 660 g/mol. The maximum absolute atomic E-state index is 14.4. The Kier molecular flexibility index (Phi) is 8.03. The molecule has 242 valence electrons. The molecule has 0 bridgehead atoms. The number of carbonyl (C=O) groups excluding carboxylic acids is 1. The third kappa shape index (κ3) is 5.48. The highest BCUT2D eigenvalue weighted by Gasteiger charge is 2.52. The summed E-state index contributed by atoms with van der Waals surface area (Å²) in [6.45, 7) is 2.84. The van der Waals surface area contributed by atoms with Gasteiger partial charge in [-0.05, 0) is 80.6 Å². The number of allylic oxidation sites excluding steroid dienone is 1. The number of nitrogens with zero attached hydrogens (tertiary/aromatic N) is 6. The van der Waals surface area contributed by atoms with Gasteiger partial charge in [0.25, 0.3) is 10.0 Å². The summed E-state index contributed by atoms with van der Waals surface area (Å²) in [5.41, 5.74) is -0.481. The Labute approximate surface area is 261 Å². The summed E-state index contributed by atoms with van der Waals surface area (Å²) < 4.78 is 98.8. The first-order chi connectivity index (χ1) is 21.7. The number of carbonyl (C=O) groups is 1. The van der Waals surface area contributed by atoms with Crippen LogP contribution in [0.2, 0.25) is 0 Å². The summed E-state index contributed by atoms with van der Waals surface area (Å²) in [6.07, 6.45) is -1.66. The van der Waals surface area contributed by atoms with Gasteiger partial charge >= 0.3 is 6.18 Å². The fourth-order valence-electron chi connectivity index (χ4n) is 6.53. The second kappa shape index (κ2) is 11.6. The molecule has 1 saturated carbocycles. The topological polar surface area (TPSA) is 110 Å². The van der Waals surface area contributed by atoms with Gasteiger partial charge in [-0.2, -0.15) is 22.6 Å². The molecule has 15 heteroatoms. The van der Waals surface area contributed by atoms with Crippen molar-refractivity contribution in [1.82, 2.24) is 19.1 Å². The Bertz CT molecular complexity index is 1880. The van der Waals surface area contributed by atoms with Crippen molar-refractivity contribution < 1.29 is 35.2 Å². The molecule has 2 aliphatic carbocycles. The molecule has 0 N–H and O–H groups in total. The zero-order chi connectivity index (χ0) is 33.0. The van der Waals surface area contributed by atoms with E-state index in [0.29, 0.717) is 28.6 Å². The third-order valence-electron chi connectivity index (χ3n) is 8.76. The Morgan fingerprint density at radius 3 is 2.59 bits per heavy atom. The maximum Gasteiger partial charge on any atom is 0.416 e. The summed E-state index contributed by atoms with van der Waals surface area (Å²) in [6, 6.07) is 6.40. The molecule has 6 rings (SSSR count). The van der Waals surface area contributed by atoms with Crippen LogP contribution in [-0.2, 0) is 22.6 Å². The van der Waals surface area contributed by atoms with Crippen LogP contribution in [0, 0.1) is 11.2 Å². The van der Waals surface area contributed by atoms with Gasteiger partial charge in [-0.15, -0.1) is 0 Å². The number of Topliss-reactive ketones (excluding diaryl/α,β-unsaturated/α-hetero) is 1. The van der Waals surface area contributed by atoms with Gasteiger partial charge in [0.05, 0.1) is 34.8 Å². The number of halogens is 5. The van der Waals surface area contributed by atoms with Crippen LogP contribution in [0.5, 0.6) is 0 Å². The Hall–Kier alpha value is -4.11. The van der Waals surface area contributed by atoms with Crippen molar-refractivity contribution in [2.24, 2.45) is 15.4 Å². The highest BCUT2D eigenvalue weighted by atomic mass is 32.2. The molecular formula is C31H29F5N6O3S. The molecule has 2 unspecified atom stereocenters. The Morgan fingerprint density at radius 2 is 1.93 bits per heavy atom. The van der Waals surface area contributed by atoms with E-state index >= 15 is 0 Å². The van der Waals surface area contributed by atoms with E-state index in [4.69, 9.17) is 0 Å². The van der Waals surface area contributed by atoms with E-state index in [2.05, 4.69) is 20.1 Å². The molecule has 2 aromatic heterocycles. The van der Waals surface area contributed by atoms with Crippen LogP contribution in [0.4, 0.5) is 22.0 Å². The number of rotatable bonds is 7. The number of hydrogen-bond acceptors (Lipinski definition) is 7. The van der Waals surface area contributed by atoms with Crippen LogP contribution in [0.1, 0.15) is 60.4 Å². The van der Waals surface area contributed by atoms with Crippen molar-refractivity contribution in [1.29, 1.82) is 0 Å². The highest BCUT2D eigenvalue weighted by Crippen LogP contribution is 2.51. The Balaban J connectivity index is 1.43. The zero-order valence-electron chi connectivity index (χ0n) is 24.7. The number of hydrogen-bond donors (Lipinski definition) is 0. The van der Waals surface area contributed by atoms with Crippen molar-refractivity contribution in [3.05, 3.63) is 82.7 Å². The number of pyridine rings is 1. The van der Waals surface area contributed by atoms with Crippen LogP contribution >= 0.6 is 0 Å². The quantitative estimate of drug-likeness (QED) is 0.242. The summed E-state index contributed by atoms with van der Waals surface area (Å²) in [4.78, 5) is 26.3. The van der Waals surface area contributed by atoms with Crippen LogP contribution in [-0.4, -0.2) is 69.5 Å². The standard InChI is InChI=1S/C31H29F5N6O3S/c1-3-41(46(44,45)27-17-38-29(40-27)18(2)32)24-7-4-20-13-26-19(16-39-42(26)23-8-5-22(33)6-9-23)14-30(20,15-24)28(43)25-12-21(10-11-37-25)31(34,35)36/h5-6,8-13,16-18,24,29H,3-4,7,14-15H2,1-2H3/t18?,24-,29?,30-/m0/s1. The molecule has 0 spiro atoms. The van der Waals surface area contributed by atoms with Crippen LogP contribution in [0.3, 0.4) is 0 Å². The molecule has 3 heterocycles. The van der Waals surface area contributed by atoms with Gasteiger partial charge in [-0.25, -0.2) is 26.9 Å². The second-order valence-electron chi connectivity index (χ2n) is 11.6. The van der Waals surface area contributed by atoms with Crippen LogP contribution in [0.25, 0.3) is 11.8 Å². The molecule has 1 aliphatic heterocycles. The van der Waals surface area contributed by atoms with E-state index in [9.17, 15) is 35.2 Å². The normalized spacial score (nSPS) is 23.5. The largest absolute Gasteiger partial charge is 0.416 e. The van der Waals surface area contributed by atoms with Gasteiger partial charge in [0.1, 0.15) is 17.7 Å². The lowest BCUT2D eigenvalue weighted by atomic mass is 9.60. The van der Waals surface area contributed by atoms with E-state index in [1.54, 1.807) is 36.0 Å². The zero-order valence-corrected chi connectivity index (χ0v) is 25.6. The fourth-order valence-corrected chi connectivity index (χ4v) is 8.12. The molecule has 1 aromatic carbocycles. The average Bonchev–Trinajstić information content (AvgIpc) is 3.68. The number of fused-ring (bicyclic) bond motifs is 2. The first-order valence-corrected chi connectivity index (χ1v) is 16.1. The van der Waals surface area contributed by atoms with Gasteiger partial charge in [0.2, 0.25) is 0 Å². The van der Waals surface area contributed by atoms with E-state index in [1.165, 1.54) is 23.4 Å². The molecule has 1 fully saturated rings. The van der Waals surface area contributed by atoms with Gasteiger partial charge in [-0.1, -0.05) is 12.5 Å². The summed E-state index contributed by atoms with van der Waals surface area (Å²) in [7, 11) is -4.27. The molecular weight excluding hydrogens is 631 g/mol. The lowest BCUT2D eigenvalue weighted by Gasteiger charge is -2.46. The van der Waals surface area contributed by atoms with Crippen molar-refractivity contribution in [2.45, 2.75) is 64.1 Å². The molecule has 0 radical (unpaired) electrons. The second-order valence-corrected chi connectivity index (χ2v) is 13.4. The molecule has 46 heavy (non-hydrogen) atoms. The molecule has 9 nitrogen and oxygen atoms in total. The predicted molar refractivity (Wildman–Crippen MR) is 160 cm³/mol. The number of ketones is 1. The van der Waals surface area contributed by atoms with E-state index in [1.807, 2.05) is 0 Å².